The van der Waals surface area contributed by atoms with Crippen molar-refractivity contribution < 1.29 is 17.9 Å². The predicted octanol–water partition coefficient (Wildman–Crippen LogP) is 4.03. The molecule has 3 rings (SSSR count). The Morgan fingerprint density at radius 1 is 1.03 bits per heavy atom. The van der Waals surface area contributed by atoms with Crippen molar-refractivity contribution >= 4 is 38.1 Å². The molecule has 0 unspecified atom stereocenters. The fourth-order valence-corrected chi connectivity index (χ4v) is 4.35. The van der Waals surface area contributed by atoms with E-state index in [1.807, 2.05) is 43.3 Å². The Balaban J connectivity index is 1.84. The van der Waals surface area contributed by atoms with Gasteiger partial charge >= 0.3 is 0 Å². The molecule has 0 radical (unpaired) electrons. The summed E-state index contributed by atoms with van der Waals surface area (Å²) in [6.07, 6.45) is 1.09. The maximum atomic E-state index is 12.8. The summed E-state index contributed by atoms with van der Waals surface area (Å²) in [5.74, 6) is 0.220. The Labute approximate surface area is 171 Å². The first-order valence-corrected chi connectivity index (χ1v) is 11.2. The van der Waals surface area contributed by atoms with Gasteiger partial charge in [0.1, 0.15) is 11.8 Å². The van der Waals surface area contributed by atoms with Crippen LogP contribution in [0.2, 0.25) is 0 Å². The van der Waals surface area contributed by atoms with Gasteiger partial charge in [0, 0.05) is 5.69 Å². The maximum Gasteiger partial charge on any atom is 0.247 e. The minimum atomic E-state index is -3.68. The quantitative estimate of drug-likeness (QED) is 0.636. The van der Waals surface area contributed by atoms with Crippen LogP contribution in [0.4, 0.5) is 11.4 Å². The van der Waals surface area contributed by atoms with Gasteiger partial charge in [-0.3, -0.25) is 9.10 Å². The van der Waals surface area contributed by atoms with Crippen LogP contribution in [0.15, 0.2) is 66.7 Å². The Morgan fingerprint density at radius 3 is 2.31 bits per heavy atom. The lowest BCUT2D eigenvalue weighted by Crippen LogP contribution is -2.45. The van der Waals surface area contributed by atoms with Gasteiger partial charge in [0.25, 0.3) is 0 Å². The van der Waals surface area contributed by atoms with E-state index in [0.717, 1.165) is 21.3 Å². The fraction of sp³-hybridized carbons (Fsp3) is 0.227. The molecule has 0 aliphatic carbocycles. The first kappa shape index (κ1) is 20.7. The molecule has 0 spiro atoms. The zero-order chi connectivity index (χ0) is 21.0. The van der Waals surface area contributed by atoms with Gasteiger partial charge in [-0.15, -0.1) is 0 Å². The molecule has 7 heteroatoms. The highest BCUT2D eigenvalue weighted by atomic mass is 32.2. The Hall–Kier alpha value is -3.06. The van der Waals surface area contributed by atoms with Gasteiger partial charge in [0.15, 0.2) is 0 Å². The first-order valence-electron chi connectivity index (χ1n) is 9.31. The van der Waals surface area contributed by atoms with E-state index in [0.29, 0.717) is 23.7 Å². The number of anilines is 2. The summed E-state index contributed by atoms with van der Waals surface area (Å²) in [4.78, 5) is 12.8. The third-order valence-electron chi connectivity index (χ3n) is 4.51. The summed E-state index contributed by atoms with van der Waals surface area (Å²) in [6.45, 7) is 3.95. The number of carbonyl (C=O) groups excluding carboxylic acids is 1. The molecule has 1 amide bonds. The van der Waals surface area contributed by atoms with Crippen molar-refractivity contribution in [3.8, 4) is 5.75 Å². The van der Waals surface area contributed by atoms with E-state index in [1.54, 1.807) is 37.3 Å². The lowest BCUT2D eigenvalue weighted by Gasteiger charge is -2.28. The normalized spacial score (nSPS) is 12.4. The van der Waals surface area contributed by atoms with E-state index in [9.17, 15) is 13.2 Å². The van der Waals surface area contributed by atoms with Crippen LogP contribution in [0, 0.1) is 0 Å². The number of fused-ring (bicyclic) bond motifs is 1. The number of hydrogen-bond donors (Lipinski definition) is 1. The summed E-state index contributed by atoms with van der Waals surface area (Å²) in [5.41, 5.74) is 1.01. The molecule has 29 heavy (non-hydrogen) atoms. The van der Waals surface area contributed by atoms with Crippen LogP contribution < -0.4 is 14.4 Å². The Morgan fingerprint density at radius 2 is 1.69 bits per heavy atom. The number of rotatable bonds is 7. The number of hydrogen-bond acceptors (Lipinski definition) is 4. The molecule has 152 valence electrons. The SMILES string of the molecule is CCOc1ccc(N([C@H](C)C(=O)Nc2ccc3ccccc3c2)S(C)(=O)=O)cc1. The first-order chi connectivity index (χ1) is 13.8. The number of nitrogens with one attached hydrogen (secondary N) is 1. The minimum Gasteiger partial charge on any atom is -0.494 e. The summed E-state index contributed by atoms with van der Waals surface area (Å²) >= 11 is 0. The number of nitrogens with zero attached hydrogens (tertiary/aromatic N) is 1. The zero-order valence-corrected chi connectivity index (χ0v) is 17.4. The van der Waals surface area contributed by atoms with E-state index in [2.05, 4.69) is 5.32 Å². The van der Waals surface area contributed by atoms with Gasteiger partial charge in [0.05, 0.1) is 18.6 Å². The van der Waals surface area contributed by atoms with Crippen molar-refractivity contribution in [2.24, 2.45) is 0 Å². The van der Waals surface area contributed by atoms with E-state index in [1.165, 1.54) is 0 Å². The highest BCUT2D eigenvalue weighted by Crippen LogP contribution is 2.25. The molecule has 6 nitrogen and oxygen atoms in total. The number of carbonyl (C=O) groups is 1. The van der Waals surface area contributed by atoms with Crippen LogP contribution in [0.25, 0.3) is 10.8 Å². The zero-order valence-electron chi connectivity index (χ0n) is 16.6. The van der Waals surface area contributed by atoms with Gasteiger partial charge in [-0.2, -0.15) is 0 Å². The molecule has 0 aromatic heterocycles. The molecule has 3 aromatic carbocycles. The molecule has 0 saturated heterocycles. The van der Waals surface area contributed by atoms with Gasteiger partial charge < -0.3 is 10.1 Å². The highest BCUT2D eigenvalue weighted by molar-refractivity contribution is 7.92. The van der Waals surface area contributed by atoms with Crippen LogP contribution in [0.1, 0.15) is 13.8 Å². The summed E-state index contributed by atoms with van der Waals surface area (Å²) < 4.78 is 31.4. The molecule has 3 aromatic rings. The van der Waals surface area contributed by atoms with Gasteiger partial charge in [-0.1, -0.05) is 30.3 Å². The molecular weight excluding hydrogens is 388 g/mol. The lowest BCUT2D eigenvalue weighted by molar-refractivity contribution is -0.116. The Kier molecular flexibility index (Phi) is 6.08. The minimum absolute atomic E-state index is 0.400. The molecule has 0 saturated carbocycles. The van der Waals surface area contributed by atoms with Crippen molar-refractivity contribution in [1.82, 2.24) is 0 Å². The van der Waals surface area contributed by atoms with E-state index < -0.39 is 22.0 Å². The van der Waals surface area contributed by atoms with E-state index >= 15 is 0 Å². The largest absolute Gasteiger partial charge is 0.494 e. The molecule has 0 bridgehead atoms. The molecular formula is C22H24N2O4S. The molecule has 0 aliphatic rings. The third-order valence-corrected chi connectivity index (χ3v) is 5.75. The monoisotopic (exact) mass is 412 g/mol. The molecule has 1 atom stereocenters. The molecule has 0 fully saturated rings. The van der Waals surface area contributed by atoms with E-state index in [4.69, 9.17) is 4.74 Å². The highest BCUT2D eigenvalue weighted by Gasteiger charge is 2.29. The standard InChI is InChI=1S/C22H24N2O4S/c1-4-28-21-13-11-20(12-14-21)24(29(3,26)27)16(2)22(25)23-19-10-9-17-7-5-6-8-18(17)15-19/h5-16H,4H2,1-3H3,(H,23,25)/t16-/m1/s1. The van der Waals surface area contributed by atoms with Gasteiger partial charge in [-0.05, 0) is 61.0 Å². The molecule has 1 N–H and O–H groups in total. The second-order valence-corrected chi connectivity index (χ2v) is 8.57. The van der Waals surface area contributed by atoms with Crippen molar-refractivity contribution in [2.75, 3.05) is 22.5 Å². The second kappa shape index (κ2) is 8.53. The smallest absolute Gasteiger partial charge is 0.247 e. The van der Waals surface area contributed by atoms with Crippen molar-refractivity contribution in [2.45, 2.75) is 19.9 Å². The lowest BCUT2D eigenvalue weighted by atomic mass is 10.1. The summed E-state index contributed by atoms with van der Waals surface area (Å²) in [5, 5.41) is 4.87. The van der Waals surface area contributed by atoms with E-state index in [-0.39, 0.29) is 0 Å². The van der Waals surface area contributed by atoms with Crippen molar-refractivity contribution in [1.29, 1.82) is 0 Å². The van der Waals surface area contributed by atoms with Crippen LogP contribution >= 0.6 is 0 Å². The average molecular weight is 413 g/mol. The third kappa shape index (κ3) is 4.86. The second-order valence-electron chi connectivity index (χ2n) is 6.71. The van der Waals surface area contributed by atoms with Gasteiger partial charge in [0.2, 0.25) is 15.9 Å². The van der Waals surface area contributed by atoms with Crippen LogP contribution in [0.5, 0.6) is 5.75 Å². The van der Waals surface area contributed by atoms with Crippen molar-refractivity contribution in [3.63, 3.8) is 0 Å². The maximum absolute atomic E-state index is 12.8. The van der Waals surface area contributed by atoms with Crippen LogP contribution in [-0.2, 0) is 14.8 Å². The fourth-order valence-electron chi connectivity index (χ4n) is 3.18. The number of benzene rings is 3. The summed E-state index contributed by atoms with van der Waals surface area (Å²) in [6, 6.07) is 19.1. The summed E-state index contributed by atoms with van der Waals surface area (Å²) in [7, 11) is -3.68. The molecule has 0 aliphatic heterocycles. The van der Waals surface area contributed by atoms with Gasteiger partial charge in [-0.25, -0.2) is 8.42 Å². The Bertz CT molecular complexity index is 1110. The number of amides is 1. The predicted molar refractivity (Wildman–Crippen MR) is 117 cm³/mol. The van der Waals surface area contributed by atoms with Crippen LogP contribution in [0.3, 0.4) is 0 Å². The van der Waals surface area contributed by atoms with Crippen molar-refractivity contribution in [3.05, 3.63) is 66.7 Å². The topological polar surface area (TPSA) is 75.7 Å². The average Bonchev–Trinajstić information content (AvgIpc) is 2.68. The number of ether oxygens (including phenoxy) is 1. The molecule has 0 heterocycles. The number of sulfonamides is 1. The van der Waals surface area contributed by atoms with Crippen LogP contribution in [-0.4, -0.2) is 33.2 Å².